The molecule has 3 rings (SSSR count). The first-order chi connectivity index (χ1) is 16.1. The fraction of sp³-hybridized carbons (Fsp3) is 0.917. The molecular weight excluding hydrogens is 437 g/mol. The van der Waals surface area contributed by atoms with Crippen LogP contribution in [0.2, 0.25) is 0 Å². The molecule has 0 spiro atoms. The molecule has 3 atom stereocenters. The maximum Gasteiger partial charge on any atom is 0.472 e. The summed E-state index contributed by atoms with van der Waals surface area (Å²) in [6, 6.07) is -0.647. The number of rotatable bonds is 10. The Bertz CT molecular complexity index is 664. The molecule has 0 aromatic carbocycles. The lowest BCUT2D eigenvalue weighted by Gasteiger charge is -2.35. The van der Waals surface area contributed by atoms with Crippen LogP contribution in [0, 0.1) is 17.3 Å². The average Bonchev–Trinajstić information content (AvgIpc) is 3.23. The minimum atomic E-state index is -1.53. The van der Waals surface area contributed by atoms with Crippen LogP contribution in [-0.4, -0.2) is 65.4 Å². The summed E-state index contributed by atoms with van der Waals surface area (Å²) < 4.78 is 5.41. The van der Waals surface area contributed by atoms with Gasteiger partial charge in [-0.05, 0) is 49.4 Å². The Hall–Kier alpha value is -1.36. The molecule has 0 radical (unpaired) electrons. The van der Waals surface area contributed by atoms with Crippen molar-refractivity contribution < 1.29 is 29.2 Å². The van der Waals surface area contributed by atoms with Crippen molar-refractivity contribution in [3.05, 3.63) is 0 Å². The van der Waals surface area contributed by atoms with Crippen molar-refractivity contribution in [1.29, 1.82) is 0 Å². The topological polar surface area (TPSA) is 120 Å². The molecule has 0 bridgehead atoms. The van der Waals surface area contributed by atoms with Crippen molar-refractivity contribution in [2.45, 2.75) is 110 Å². The molecule has 2 aliphatic carbocycles. The van der Waals surface area contributed by atoms with Crippen LogP contribution in [0.25, 0.3) is 0 Å². The maximum absolute atomic E-state index is 13.7. The highest BCUT2D eigenvalue weighted by atomic mass is 16.7. The van der Waals surface area contributed by atoms with Gasteiger partial charge < -0.3 is 25.0 Å². The average molecular weight is 481 g/mol. The number of hydrogen-bond donors (Lipinski definition) is 4. The van der Waals surface area contributed by atoms with Gasteiger partial charge in [-0.1, -0.05) is 59.3 Å². The molecular formula is C24H44BN3O6. The molecule has 2 amide bonds. The van der Waals surface area contributed by atoms with E-state index in [-0.39, 0.29) is 23.8 Å². The molecule has 3 aliphatic rings. The Labute approximate surface area is 204 Å². The number of amides is 2. The highest BCUT2D eigenvalue weighted by Gasteiger charge is 2.40. The van der Waals surface area contributed by atoms with E-state index < -0.39 is 31.4 Å². The predicted molar refractivity (Wildman–Crippen MR) is 129 cm³/mol. The second-order valence-corrected chi connectivity index (χ2v) is 11.6. The predicted octanol–water partition coefficient (Wildman–Crippen LogP) is 2.75. The van der Waals surface area contributed by atoms with E-state index in [9.17, 15) is 19.6 Å². The van der Waals surface area contributed by atoms with Crippen LogP contribution in [0.4, 0.5) is 4.79 Å². The van der Waals surface area contributed by atoms with Gasteiger partial charge in [-0.15, -0.1) is 0 Å². The molecule has 2 saturated carbocycles. The van der Waals surface area contributed by atoms with E-state index in [0.717, 1.165) is 51.4 Å². The number of nitrogens with zero attached hydrogens (tertiary/aromatic N) is 1. The largest absolute Gasteiger partial charge is 0.472 e. The number of likely N-dealkylation sites (tertiary alicyclic amines) is 1. The molecule has 4 N–H and O–H groups in total. The van der Waals surface area contributed by atoms with Crippen LogP contribution in [0.3, 0.4) is 0 Å². The number of nitrogens with one attached hydrogen (secondary N) is 2. The summed E-state index contributed by atoms with van der Waals surface area (Å²) in [5.74, 6) is -0.196. The molecule has 9 nitrogen and oxygen atoms in total. The van der Waals surface area contributed by atoms with Gasteiger partial charge in [-0.3, -0.25) is 9.63 Å². The Morgan fingerprint density at radius 2 is 1.74 bits per heavy atom. The fourth-order valence-electron chi connectivity index (χ4n) is 5.07. The van der Waals surface area contributed by atoms with Crippen LogP contribution in [0.5, 0.6) is 0 Å². The molecule has 1 aliphatic heterocycles. The zero-order valence-electron chi connectivity index (χ0n) is 21.1. The van der Waals surface area contributed by atoms with E-state index in [2.05, 4.69) is 10.8 Å². The first-order valence-corrected chi connectivity index (χ1v) is 13.1. The van der Waals surface area contributed by atoms with Gasteiger partial charge in [0.2, 0.25) is 5.91 Å². The van der Waals surface area contributed by atoms with E-state index >= 15 is 0 Å². The molecule has 0 aromatic rings. The Balaban J connectivity index is 1.61. The normalized spacial score (nSPS) is 23.8. The minimum absolute atomic E-state index is 0.0725. The van der Waals surface area contributed by atoms with Crippen molar-refractivity contribution in [3.8, 4) is 0 Å². The lowest BCUT2D eigenvalue weighted by molar-refractivity contribution is -0.154. The summed E-state index contributed by atoms with van der Waals surface area (Å²) in [6.07, 6.45) is 9.42. The number of carbonyl (C=O) groups is 2. The Morgan fingerprint density at radius 1 is 1.03 bits per heavy atom. The van der Waals surface area contributed by atoms with E-state index in [1.165, 1.54) is 6.42 Å². The zero-order valence-corrected chi connectivity index (χ0v) is 21.1. The third-order valence-corrected chi connectivity index (χ3v) is 7.31. The molecule has 3 unspecified atom stereocenters. The van der Waals surface area contributed by atoms with Gasteiger partial charge in [0.05, 0.1) is 12.5 Å². The monoisotopic (exact) mass is 481 g/mol. The van der Waals surface area contributed by atoms with Gasteiger partial charge in [0.1, 0.15) is 6.04 Å². The smallest absolute Gasteiger partial charge is 0.449 e. The quantitative estimate of drug-likeness (QED) is 0.280. The first kappa shape index (κ1) is 27.2. The summed E-state index contributed by atoms with van der Waals surface area (Å²) in [5.41, 5.74) is 2.68. The molecule has 3 fully saturated rings. The number of alkyl carbamates (subject to hydrolysis) is 1. The van der Waals surface area contributed by atoms with Crippen molar-refractivity contribution in [1.82, 2.24) is 15.7 Å². The van der Waals surface area contributed by atoms with Gasteiger partial charge in [0, 0.05) is 6.54 Å². The van der Waals surface area contributed by atoms with Crippen LogP contribution < -0.4 is 10.8 Å². The molecule has 0 aromatic heterocycles. The molecule has 34 heavy (non-hydrogen) atoms. The second kappa shape index (κ2) is 12.6. The summed E-state index contributed by atoms with van der Waals surface area (Å²) >= 11 is 0. The summed E-state index contributed by atoms with van der Waals surface area (Å²) in [4.78, 5) is 33.8. The van der Waals surface area contributed by atoms with Crippen LogP contribution in [-0.2, 0) is 14.4 Å². The molecule has 194 valence electrons. The van der Waals surface area contributed by atoms with Gasteiger partial charge in [-0.25, -0.2) is 4.79 Å². The van der Waals surface area contributed by atoms with E-state index in [1.807, 2.05) is 20.8 Å². The highest BCUT2D eigenvalue weighted by Crippen LogP contribution is 2.32. The third-order valence-electron chi connectivity index (χ3n) is 7.31. The van der Waals surface area contributed by atoms with Gasteiger partial charge in [-0.2, -0.15) is 5.48 Å². The van der Waals surface area contributed by atoms with Crippen LogP contribution >= 0.6 is 0 Å². The Kier molecular flexibility index (Phi) is 10.1. The highest BCUT2D eigenvalue weighted by molar-refractivity contribution is 6.43. The summed E-state index contributed by atoms with van der Waals surface area (Å²) in [7, 11) is -1.53. The van der Waals surface area contributed by atoms with Crippen molar-refractivity contribution >= 4 is 19.1 Å². The van der Waals surface area contributed by atoms with Gasteiger partial charge >= 0.3 is 13.2 Å². The Morgan fingerprint density at radius 3 is 2.32 bits per heavy atom. The lowest BCUT2D eigenvalue weighted by Crippen LogP contribution is -2.56. The van der Waals surface area contributed by atoms with Crippen molar-refractivity contribution in [2.24, 2.45) is 17.3 Å². The maximum atomic E-state index is 13.7. The number of carbonyl (C=O) groups excluding carboxylic acids is 2. The lowest BCUT2D eigenvalue weighted by atomic mass is 9.70. The van der Waals surface area contributed by atoms with E-state index in [1.54, 1.807) is 4.90 Å². The van der Waals surface area contributed by atoms with Gasteiger partial charge in [0.25, 0.3) is 0 Å². The van der Waals surface area contributed by atoms with E-state index in [4.69, 9.17) is 9.57 Å². The third kappa shape index (κ3) is 8.10. The molecule has 1 heterocycles. The van der Waals surface area contributed by atoms with Gasteiger partial charge in [0.15, 0.2) is 6.23 Å². The standard InChI is InChI=1S/C24H44BN3O6/c1-24(2,3)16-33-23(30)26-21(18-11-5-4-6-12-18)22(29)28-14-8-13-20(28)34-27-19(25(31)32)15-17-9-7-10-17/h17-21,27,31-32H,4-16H2,1-3H3,(H,26,30). The number of hydrogen-bond acceptors (Lipinski definition) is 7. The first-order valence-electron chi connectivity index (χ1n) is 13.1. The number of hydroxylamine groups is 1. The zero-order chi connectivity index (χ0) is 24.7. The minimum Gasteiger partial charge on any atom is -0.449 e. The van der Waals surface area contributed by atoms with Crippen molar-refractivity contribution in [2.75, 3.05) is 13.2 Å². The van der Waals surface area contributed by atoms with Crippen molar-refractivity contribution in [3.63, 3.8) is 0 Å². The van der Waals surface area contributed by atoms with Crippen LogP contribution in [0.1, 0.15) is 91.4 Å². The summed E-state index contributed by atoms with van der Waals surface area (Å²) in [6.45, 7) is 6.79. The second-order valence-electron chi connectivity index (χ2n) is 11.6. The summed E-state index contributed by atoms with van der Waals surface area (Å²) in [5, 5.41) is 22.4. The SMILES string of the molecule is CC(C)(C)COC(=O)NC(C(=O)N1CCCC1ONC(CC1CCC1)B(O)O)C1CCCCC1. The number of ether oxygens (including phenoxy) is 1. The fourth-order valence-corrected chi connectivity index (χ4v) is 5.07. The van der Waals surface area contributed by atoms with E-state index in [0.29, 0.717) is 25.3 Å². The molecule has 1 saturated heterocycles. The molecule has 10 heteroatoms. The van der Waals surface area contributed by atoms with Crippen LogP contribution in [0.15, 0.2) is 0 Å².